The minimum atomic E-state index is -4.83. The summed E-state index contributed by atoms with van der Waals surface area (Å²) in [5.41, 5.74) is 6.11. The number of nitrogens with zero attached hydrogens (tertiary/aromatic N) is 3. The number of imidazole rings is 1. The summed E-state index contributed by atoms with van der Waals surface area (Å²) in [6, 6.07) is 5.40. The molecule has 0 unspecified atom stereocenters. The lowest BCUT2D eigenvalue weighted by Crippen LogP contribution is -2.47. The second-order valence-corrected chi connectivity index (χ2v) is 10.1. The third-order valence-corrected chi connectivity index (χ3v) is 6.43. The first-order valence-electron chi connectivity index (χ1n) is 12.2. The van der Waals surface area contributed by atoms with Gasteiger partial charge in [-0.3, -0.25) is 28.5 Å². The summed E-state index contributed by atoms with van der Waals surface area (Å²) in [4.78, 5) is 77.7. The molecular formula is C23H25N6O13S+. The zero-order valence-corrected chi connectivity index (χ0v) is 23.4. The summed E-state index contributed by atoms with van der Waals surface area (Å²) in [6.07, 6.45) is -3.02. The average molecular weight is 626 g/mol. The van der Waals surface area contributed by atoms with E-state index in [4.69, 9.17) is 29.2 Å². The number of hydrogen-bond donors (Lipinski definition) is 3. The molecule has 0 spiro atoms. The number of fused-ring (bicyclic) bond motifs is 1. The molecule has 0 saturated carbocycles. The van der Waals surface area contributed by atoms with Crippen LogP contribution in [0.25, 0.3) is 11.2 Å². The molecule has 2 aromatic heterocycles. The summed E-state index contributed by atoms with van der Waals surface area (Å²) < 4.78 is 44.3. The van der Waals surface area contributed by atoms with Crippen molar-refractivity contribution in [2.45, 2.75) is 45.3 Å². The highest BCUT2D eigenvalue weighted by molar-refractivity contribution is 7.85. The molecule has 230 valence electrons. The zero-order valence-electron chi connectivity index (χ0n) is 22.6. The number of aromatic nitrogens is 4. The third-order valence-electron chi connectivity index (χ3n) is 5.55. The van der Waals surface area contributed by atoms with Crippen molar-refractivity contribution in [2.75, 3.05) is 12.3 Å². The minimum Gasteiger partial charge on any atom is -0.426 e. The van der Waals surface area contributed by atoms with E-state index in [-0.39, 0.29) is 22.8 Å². The van der Waals surface area contributed by atoms with Crippen LogP contribution in [-0.4, -0.2) is 72.1 Å². The van der Waals surface area contributed by atoms with E-state index in [0.717, 1.165) is 20.8 Å². The third kappa shape index (κ3) is 7.55. The van der Waals surface area contributed by atoms with Crippen LogP contribution in [0.5, 0.6) is 5.75 Å². The fourth-order valence-electron chi connectivity index (χ4n) is 3.90. The van der Waals surface area contributed by atoms with Crippen LogP contribution in [0.1, 0.15) is 37.4 Å². The molecule has 4 N–H and O–H groups in total. The Bertz CT molecular complexity index is 1650. The maximum atomic E-state index is 12.7. The number of para-hydroxylation sites is 1. The number of ether oxygens (including phenoxy) is 2. The highest BCUT2D eigenvalue weighted by Gasteiger charge is 2.53. The molecule has 4 atom stereocenters. The number of nitrogen functional groups attached to an aromatic ring is 1. The van der Waals surface area contributed by atoms with Gasteiger partial charge in [-0.2, -0.15) is 23.2 Å². The Hall–Kier alpha value is -4.76. The fourth-order valence-corrected chi connectivity index (χ4v) is 4.61. The number of nitrogens with one attached hydrogen (secondary N) is 2. The van der Waals surface area contributed by atoms with Gasteiger partial charge in [0, 0.05) is 20.8 Å². The van der Waals surface area contributed by atoms with E-state index in [1.54, 1.807) is 4.72 Å². The largest absolute Gasteiger partial charge is 0.426 e. The molecule has 1 aliphatic heterocycles. The maximum absolute atomic E-state index is 12.7. The first kappa shape index (κ1) is 31.2. The van der Waals surface area contributed by atoms with E-state index in [1.807, 2.05) is 0 Å². The van der Waals surface area contributed by atoms with Crippen molar-refractivity contribution in [3.63, 3.8) is 0 Å². The Labute approximate surface area is 242 Å². The first-order chi connectivity index (χ1) is 20.4. The van der Waals surface area contributed by atoms with Crippen LogP contribution < -0.4 is 19.8 Å². The van der Waals surface area contributed by atoms with Crippen LogP contribution in [0.2, 0.25) is 0 Å². The predicted molar refractivity (Wildman–Crippen MR) is 136 cm³/mol. The number of H-pyrrole nitrogens is 1. The summed E-state index contributed by atoms with van der Waals surface area (Å²) in [5.74, 6) is -3.76. The molecule has 0 aliphatic carbocycles. The number of benzene rings is 1. The number of rotatable bonds is 11. The molecule has 0 bridgehead atoms. The number of anilines is 1. The van der Waals surface area contributed by atoms with Gasteiger partial charge in [-0.15, -0.1) is 0 Å². The van der Waals surface area contributed by atoms with Gasteiger partial charge < -0.3 is 15.2 Å². The standard InChI is InChI=1S/C23H24N6O13S/c1-11(30)37-15-7-5-4-6-14(15)22(33)28-43(34,35)36-8-16-18(41-39-12(2)31)19(42-40-13(3)32)23(38-16)29-10-27-17-20(24)25-9-26-21(17)29/h4-7,9-10,16,18-19,23H,8H2,1-3H3,(H3,24,25,26,28,33)/p+1/t16-,18-,19-,23-/m1/s1. The molecular weight excluding hydrogens is 600 g/mol. The fraction of sp³-hybridized carbons (Fsp3) is 0.348. The lowest BCUT2D eigenvalue weighted by Gasteiger charge is -2.20. The number of aromatic amines is 1. The molecule has 3 aromatic rings. The molecule has 1 aromatic carbocycles. The van der Waals surface area contributed by atoms with Gasteiger partial charge in [0.25, 0.3) is 5.91 Å². The van der Waals surface area contributed by atoms with Gasteiger partial charge in [-0.1, -0.05) is 17.1 Å². The second-order valence-electron chi connectivity index (χ2n) is 8.73. The predicted octanol–water partition coefficient (Wildman–Crippen LogP) is -0.932. The Morgan fingerprint density at radius 2 is 1.70 bits per heavy atom. The van der Waals surface area contributed by atoms with Gasteiger partial charge in [0.1, 0.15) is 11.9 Å². The molecule has 3 heterocycles. The van der Waals surface area contributed by atoms with Gasteiger partial charge in [-0.05, 0) is 12.1 Å². The quantitative estimate of drug-likeness (QED) is 0.0765. The number of carbonyl (C=O) groups excluding carboxylic acids is 4. The Morgan fingerprint density at radius 1 is 1.02 bits per heavy atom. The van der Waals surface area contributed by atoms with Gasteiger partial charge in [0.05, 0.1) is 12.2 Å². The van der Waals surface area contributed by atoms with Crippen molar-refractivity contribution < 1.29 is 65.4 Å². The van der Waals surface area contributed by atoms with Crippen molar-refractivity contribution in [1.29, 1.82) is 0 Å². The average Bonchev–Trinajstić information content (AvgIpc) is 3.51. The first-order valence-corrected chi connectivity index (χ1v) is 13.6. The summed E-state index contributed by atoms with van der Waals surface area (Å²) in [5, 5.41) is 0. The smallest absolute Gasteiger partial charge is 0.362 e. The molecule has 4 rings (SSSR count). The van der Waals surface area contributed by atoms with E-state index in [1.165, 1.54) is 41.5 Å². The van der Waals surface area contributed by atoms with E-state index < -0.39 is 65.3 Å². The van der Waals surface area contributed by atoms with Crippen LogP contribution in [0.15, 0.2) is 36.9 Å². The van der Waals surface area contributed by atoms with E-state index in [0.29, 0.717) is 5.52 Å². The van der Waals surface area contributed by atoms with E-state index >= 15 is 0 Å². The molecule has 1 fully saturated rings. The monoisotopic (exact) mass is 625 g/mol. The van der Waals surface area contributed by atoms with Crippen molar-refractivity contribution in [3.05, 3.63) is 42.5 Å². The SMILES string of the molecule is CC(=O)OO[C@@H]1[C@H](OOC(C)=O)[C@@H](COS(=O)(=O)NC(=O)c2ccccc2OC(C)=O)O[C@H]1[n+]1c[nH]c2c(N)ncnc21. The molecule has 1 aliphatic rings. The highest BCUT2D eigenvalue weighted by Crippen LogP contribution is 2.32. The summed E-state index contributed by atoms with van der Waals surface area (Å²) >= 11 is 0. The van der Waals surface area contributed by atoms with E-state index in [9.17, 15) is 27.6 Å². The normalized spacial score (nSPS) is 20.0. The number of esters is 1. The summed E-state index contributed by atoms with van der Waals surface area (Å²) in [6.45, 7) is 2.35. The Balaban J connectivity index is 1.58. The van der Waals surface area contributed by atoms with Gasteiger partial charge >= 0.3 is 33.9 Å². The second kappa shape index (κ2) is 13.0. The highest BCUT2D eigenvalue weighted by atomic mass is 32.2. The van der Waals surface area contributed by atoms with Crippen LogP contribution in [-0.2, 0) is 53.2 Å². The van der Waals surface area contributed by atoms with Crippen molar-refractivity contribution in [3.8, 4) is 5.75 Å². The molecule has 43 heavy (non-hydrogen) atoms. The number of carbonyl (C=O) groups is 4. The van der Waals surface area contributed by atoms with Crippen LogP contribution >= 0.6 is 0 Å². The molecule has 19 nitrogen and oxygen atoms in total. The van der Waals surface area contributed by atoms with Crippen LogP contribution in [0.3, 0.4) is 0 Å². The Kier molecular flexibility index (Phi) is 9.46. The number of nitrogens with two attached hydrogens (primary N) is 1. The van der Waals surface area contributed by atoms with Crippen LogP contribution in [0, 0.1) is 0 Å². The number of hydrogen-bond acceptors (Lipinski definition) is 16. The van der Waals surface area contributed by atoms with Gasteiger partial charge in [0.2, 0.25) is 11.7 Å². The maximum Gasteiger partial charge on any atom is 0.362 e. The van der Waals surface area contributed by atoms with E-state index in [2.05, 4.69) is 24.7 Å². The lowest BCUT2D eigenvalue weighted by atomic mass is 10.1. The minimum absolute atomic E-state index is 0.0870. The van der Waals surface area contributed by atoms with Crippen molar-refractivity contribution in [2.24, 2.45) is 0 Å². The Morgan fingerprint density at radius 3 is 2.37 bits per heavy atom. The zero-order chi connectivity index (χ0) is 31.3. The van der Waals surface area contributed by atoms with Gasteiger partial charge in [-0.25, -0.2) is 18.9 Å². The van der Waals surface area contributed by atoms with Crippen molar-refractivity contribution in [1.82, 2.24) is 19.7 Å². The van der Waals surface area contributed by atoms with Crippen LogP contribution in [0.4, 0.5) is 5.82 Å². The number of amides is 1. The van der Waals surface area contributed by atoms with Gasteiger partial charge in [0.15, 0.2) is 30.7 Å². The molecule has 1 saturated heterocycles. The molecule has 0 radical (unpaired) electrons. The summed E-state index contributed by atoms with van der Waals surface area (Å²) in [7, 11) is -4.83. The molecule has 1 amide bonds. The topological polar surface area (TPSA) is 251 Å². The lowest BCUT2D eigenvalue weighted by molar-refractivity contribution is -0.749. The molecule has 20 heteroatoms. The van der Waals surface area contributed by atoms with Crippen molar-refractivity contribution >= 4 is 51.1 Å².